The van der Waals surface area contributed by atoms with Crippen LogP contribution in [-0.4, -0.2) is 116 Å². The third-order valence-corrected chi connectivity index (χ3v) is 14.4. The highest BCUT2D eigenvalue weighted by Crippen LogP contribution is 2.43. The van der Waals surface area contributed by atoms with Crippen molar-refractivity contribution in [2.24, 2.45) is 29.4 Å². The molecule has 0 spiro atoms. The highest BCUT2D eigenvalue weighted by molar-refractivity contribution is 7.91. The molecule has 63 heavy (non-hydrogen) atoms. The molecular weight excluding hydrogens is 854 g/mol. The minimum Gasteiger partial charge on any atom is -0.496 e. The van der Waals surface area contributed by atoms with Crippen LogP contribution in [0.1, 0.15) is 85.5 Å². The van der Waals surface area contributed by atoms with E-state index in [9.17, 15) is 40.8 Å². The Morgan fingerprint density at radius 3 is 2.41 bits per heavy atom. The lowest BCUT2D eigenvalue weighted by Gasteiger charge is -2.34. The molecule has 0 bridgehead atoms. The molecule has 2 heterocycles. The fourth-order valence-corrected chi connectivity index (χ4v) is 9.44. The number of ether oxygens (including phenoxy) is 5. The number of alkyl halides is 3. The number of nitrogens with zero attached hydrogens (tertiary/aromatic N) is 3. The number of rotatable bonds is 20. The number of aromatic nitrogens is 2. The quantitative estimate of drug-likeness (QED) is 0.150. The summed E-state index contributed by atoms with van der Waals surface area (Å²) >= 11 is 0. The summed E-state index contributed by atoms with van der Waals surface area (Å²) in [4.78, 5) is 63.7. The van der Waals surface area contributed by atoms with E-state index in [1.54, 1.807) is 25.1 Å². The topological polar surface area (TPSA) is 228 Å². The van der Waals surface area contributed by atoms with E-state index in [1.165, 1.54) is 21.3 Å². The number of methoxy groups -OCH3 is 3. The van der Waals surface area contributed by atoms with E-state index >= 15 is 0 Å². The molecule has 2 aliphatic carbocycles. The normalized spacial score (nSPS) is 22.6. The highest BCUT2D eigenvalue weighted by Gasteiger charge is 2.53. The Bertz CT molecular complexity index is 2130. The summed E-state index contributed by atoms with van der Waals surface area (Å²) < 4.78 is 95.4. The van der Waals surface area contributed by atoms with Crippen molar-refractivity contribution in [3.05, 3.63) is 30.4 Å². The van der Waals surface area contributed by atoms with E-state index in [0.29, 0.717) is 62.6 Å². The van der Waals surface area contributed by atoms with Crippen LogP contribution in [0.2, 0.25) is 0 Å². The van der Waals surface area contributed by atoms with Crippen LogP contribution in [-0.2, 0) is 33.9 Å². The molecule has 1 aliphatic heterocycles. The number of likely N-dealkylation sites (tertiary alicyclic amines) is 1. The summed E-state index contributed by atoms with van der Waals surface area (Å²) in [5.74, 6) is -3.23. The molecule has 1 aromatic carbocycles. The maximum atomic E-state index is 14.6. The minimum atomic E-state index is -4.94. The zero-order chi connectivity index (χ0) is 46.5. The van der Waals surface area contributed by atoms with Crippen LogP contribution in [0.5, 0.6) is 17.6 Å². The summed E-state index contributed by atoms with van der Waals surface area (Å²) in [6.07, 6.45) is 0.821. The molecule has 350 valence electrons. The Morgan fingerprint density at radius 2 is 1.79 bits per heavy atom. The van der Waals surface area contributed by atoms with Crippen molar-refractivity contribution in [2.75, 3.05) is 34.5 Å². The Hall–Kier alpha value is -4.92. The summed E-state index contributed by atoms with van der Waals surface area (Å²) in [5.41, 5.74) is 3.30. The van der Waals surface area contributed by atoms with Crippen molar-refractivity contribution in [2.45, 2.75) is 120 Å². The molecular formula is C42H59F3N6O11S. The van der Waals surface area contributed by atoms with Crippen molar-refractivity contribution < 1.29 is 64.5 Å². The molecule has 1 saturated heterocycles. The zero-order valence-corrected chi connectivity index (χ0v) is 37.5. The Balaban J connectivity index is 1.32. The molecule has 2 saturated carbocycles. The summed E-state index contributed by atoms with van der Waals surface area (Å²) in [6, 6.07) is 2.17. The monoisotopic (exact) mass is 912 g/mol. The standard InChI is InChI=1S/C42H59F3N6O11S/c1-24(12-8-9-13-25-14-10-15-28(25)35(53)50-63(56,57)41(4)18-19-41)20-26(23-58-5)33(48-39(55)62-40(2,3)42(43,44)45)37(54)51-22-27(21-30(51)34(46)52)61-38-47-29-16-11-17-31(59-6)32(29)36(49-38)60-7/h9,11,13,16-17,24-28,30,33H,8,10,12,14-15,18-23H2,1-7H3,(H2,46,52)(H,48,55)(H,50,53)/b13-9-/t24-,25-,26+,27-,28?,30+,33+/m1/s1. The number of benzene rings is 1. The van der Waals surface area contributed by atoms with Gasteiger partial charge in [0.05, 0.1) is 37.6 Å². The van der Waals surface area contributed by atoms with Gasteiger partial charge in [-0.1, -0.05) is 31.6 Å². The lowest BCUT2D eigenvalue weighted by Crippen LogP contribution is -2.57. The van der Waals surface area contributed by atoms with Gasteiger partial charge in [0, 0.05) is 25.4 Å². The van der Waals surface area contributed by atoms with Crippen molar-refractivity contribution >= 4 is 44.7 Å². The van der Waals surface area contributed by atoms with Gasteiger partial charge in [0.2, 0.25) is 39.2 Å². The second-order valence-electron chi connectivity index (χ2n) is 17.5. The summed E-state index contributed by atoms with van der Waals surface area (Å²) in [7, 11) is 0.492. The number of hydrogen-bond donors (Lipinski definition) is 3. The van der Waals surface area contributed by atoms with E-state index in [-0.39, 0.29) is 49.7 Å². The Labute approximate surface area is 365 Å². The molecule has 1 unspecified atom stereocenters. The second-order valence-corrected chi connectivity index (χ2v) is 19.7. The molecule has 2 aromatic rings. The molecule has 0 radical (unpaired) electrons. The van der Waals surface area contributed by atoms with Crippen LogP contribution >= 0.6 is 0 Å². The fraction of sp³-hybridized carbons (Fsp3) is 0.667. The number of sulfonamides is 1. The third kappa shape index (κ3) is 11.6. The van der Waals surface area contributed by atoms with E-state index in [1.807, 2.05) is 19.1 Å². The molecule has 17 nitrogen and oxygen atoms in total. The van der Waals surface area contributed by atoms with Gasteiger partial charge in [-0.05, 0) is 89.7 Å². The number of halogens is 3. The van der Waals surface area contributed by atoms with E-state index < -0.39 is 80.4 Å². The number of allylic oxidation sites excluding steroid dienone is 2. The minimum absolute atomic E-state index is 0.0996. The number of nitrogens with two attached hydrogens (primary N) is 1. The number of fused-ring (bicyclic) bond motifs is 1. The second kappa shape index (κ2) is 19.9. The molecule has 4 amide bonds. The van der Waals surface area contributed by atoms with Crippen molar-refractivity contribution in [3.8, 4) is 17.6 Å². The van der Waals surface area contributed by atoms with Crippen LogP contribution in [0, 0.1) is 23.7 Å². The molecule has 3 fully saturated rings. The van der Waals surface area contributed by atoms with Gasteiger partial charge in [0.25, 0.3) is 0 Å². The van der Waals surface area contributed by atoms with E-state index in [0.717, 1.165) is 17.7 Å². The summed E-state index contributed by atoms with van der Waals surface area (Å²) in [5, 5.41) is 2.84. The van der Waals surface area contributed by atoms with E-state index in [4.69, 9.17) is 29.4 Å². The van der Waals surface area contributed by atoms with Gasteiger partial charge in [-0.2, -0.15) is 23.1 Å². The maximum Gasteiger partial charge on any atom is 0.427 e. The molecule has 4 N–H and O–H groups in total. The van der Waals surface area contributed by atoms with Crippen molar-refractivity contribution in [1.29, 1.82) is 0 Å². The van der Waals surface area contributed by atoms with Gasteiger partial charge in [0.15, 0.2) is 0 Å². The first-order valence-electron chi connectivity index (χ1n) is 21.0. The van der Waals surface area contributed by atoms with Gasteiger partial charge in [-0.15, -0.1) is 0 Å². The number of carbonyl (C=O) groups is 4. The molecule has 21 heteroatoms. The number of amides is 4. The van der Waals surface area contributed by atoms with Crippen molar-refractivity contribution in [3.63, 3.8) is 0 Å². The largest absolute Gasteiger partial charge is 0.496 e. The van der Waals surface area contributed by atoms with Crippen LogP contribution in [0.3, 0.4) is 0 Å². The molecule has 7 atom stereocenters. The number of nitrogens with one attached hydrogen (secondary N) is 2. The molecule has 5 rings (SSSR count). The first kappa shape index (κ1) is 49.1. The predicted octanol–water partition coefficient (Wildman–Crippen LogP) is 4.96. The van der Waals surface area contributed by atoms with Crippen LogP contribution in [0.25, 0.3) is 10.9 Å². The first-order valence-corrected chi connectivity index (χ1v) is 22.5. The maximum absolute atomic E-state index is 14.6. The van der Waals surface area contributed by atoms with Crippen molar-refractivity contribution in [1.82, 2.24) is 24.9 Å². The number of alkyl carbamates (subject to hydrolysis) is 1. The average Bonchev–Trinajstić information content (AvgIpc) is 3.58. The average molecular weight is 913 g/mol. The van der Waals surface area contributed by atoms with Gasteiger partial charge < -0.3 is 39.6 Å². The third-order valence-electron chi connectivity index (χ3n) is 12.3. The lowest BCUT2D eigenvalue weighted by molar-refractivity contribution is -0.244. The highest BCUT2D eigenvalue weighted by atomic mass is 32.2. The number of carbonyl (C=O) groups excluding carboxylic acids is 4. The molecule has 3 aliphatic rings. The van der Waals surface area contributed by atoms with Crippen LogP contribution in [0.15, 0.2) is 30.4 Å². The smallest absolute Gasteiger partial charge is 0.427 e. The number of hydrogen-bond acceptors (Lipinski definition) is 13. The fourth-order valence-electron chi connectivity index (χ4n) is 8.14. The van der Waals surface area contributed by atoms with Crippen LogP contribution in [0.4, 0.5) is 18.0 Å². The number of primary amides is 1. The summed E-state index contributed by atoms with van der Waals surface area (Å²) in [6.45, 7) is 4.51. The zero-order valence-electron chi connectivity index (χ0n) is 36.7. The Morgan fingerprint density at radius 1 is 1.08 bits per heavy atom. The lowest BCUT2D eigenvalue weighted by atomic mass is 9.86. The van der Waals surface area contributed by atoms with Gasteiger partial charge in [-0.25, -0.2) is 13.2 Å². The predicted molar refractivity (Wildman–Crippen MR) is 223 cm³/mol. The first-order chi connectivity index (χ1) is 29.5. The van der Waals surface area contributed by atoms with Gasteiger partial charge in [-0.3, -0.25) is 19.1 Å². The van der Waals surface area contributed by atoms with Gasteiger partial charge in [0.1, 0.15) is 29.3 Å². The van der Waals surface area contributed by atoms with Gasteiger partial charge >= 0.3 is 18.3 Å². The molecule has 1 aromatic heterocycles. The van der Waals surface area contributed by atoms with Crippen LogP contribution < -0.4 is 30.0 Å². The Kier molecular flexibility index (Phi) is 15.5. The van der Waals surface area contributed by atoms with E-state index in [2.05, 4.69) is 20.0 Å². The SMILES string of the molecule is COC[C@H](C[C@H](C)CC/C=C\[C@@H]1CCCC1C(=O)NS(=O)(=O)C1(C)CC1)[C@H](NC(=O)OC(C)(C)C(F)(F)F)C(=O)N1C[C@H](Oc2nc(OC)c3c(OC)cccc3n2)C[C@H]1C(N)=O.